The molecule has 12 rings (SSSR count). The van der Waals surface area contributed by atoms with Gasteiger partial charge in [0.1, 0.15) is 0 Å². The highest BCUT2D eigenvalue weighted by Gasteiger charge is 2.31. The van der Waals surface area contributed by atoms with Gasteiger partial charge < -0.3 is 19.8 Å². The largest absolute Gasteiger partial charge is 0.614 e. The number of nitrogens with zero attached hydrogens (tertiary/aromatic N) is 3. The zero-order chi connectivity index (χ0) is 34.6. The van der Waals surface area contributed by atoms with Crippen molar-refractivity contribution in [1.82, 2.24) is 14.5 Å². The molecular weight excluding hydrogens is 665 g/mol. The molecule has 7 aromatic rings. The molecular formula is C48H37N4S-. The molecule has 5 atom stereocenters. The molecule has 3 aromatic heterocycles. The molecule has 1 fully saturated rings. The predicted molar refractivity (Wildman–Crippen MR) is 223 cm³/mol. The normalized spacial score (nSPS) is 24.5. The molecule has 4 aliphatic carbocycles. The van der Waals surface area contributed by atoms with Gasteiger partial charge in [0.2, 0.25) is 0 Å². The summed E-state index contributed by atoms with van der Waals surface area (Å²) in [6, 6.07) is 29.8. The Hall–Kier alpha value is -5.62. The first-order chi connectivity index (χ1) is 26.3. The summed E-state index contributed by atoms with van der Waals surface area (Å²) in [5.41, 5.74) is 10.3. The van der Waals surface area contributed by atoms with Crippen molar-refractivity contribution in [2.45, 2.75) is 43.6 Å². The van der Waals surface area contributed by atoms with E-state index in [1.807, 2.05) is 11.3 Å². The molecule has 0 bridgehead atoms. The Labute approximate surface area is 312 Å². The van der Waals surface area contributed by atoms with Gasteiger partial charge in [0.15, 0.2) is 0 Å². The molecule has 5 unspecified atom stereocenters. The highest BCUT2D eigenvalue weighted by atomic mass is 32.1. The summed E-state index contributed by atoms with van der Waals surface area (Å²) in [6.45, 7) is 0. The van der Waals surface area contributed by atoms with Crippen LogP contribution in [0.15, 0.2) is 157 Å². The predicted octanol–water partition coefficient (Wildman–Crippen LogP) is 12.8. The summed E-state index contributed by atoms with van der Waals surface area (Å²) >= 11 is 1.95. The monoisotopic (exact) mass is 701 g/mol. The molecule has 4 aromatic carbocycles. The number of benzene rings is 4. The first-order valence-corrected chi connectivity index (χ1v) is 19.9. The molecule has 1 saturated heterocycles. The zero-order valence-corrected chi connectivity index (χ0v) is 30.0. The first-order valence-electron chi connectivity index (χ1n) is 19.0. The molecule has 0 saturated carbocycles. The van der Waals surface area contributed by atoms with E-state index in [2.05, 4.69) is 166 Å². The van der Waals surface area contributed by atoms with Gasteiger partial charge in [-0.1, -0.05) is 139 Å². The van der Waals surface area contributed by atoms with Gasteiger partial charge in [0.25, 0.3) is 0 Å². The van der Waals surface area contributed by atoms with Gasteiger partial charge in [0.05, 0.1) is 27.3 Å². The van der Waals surface area contributed by atoms with E-state index in [1.165, 1.54) is 81.0 Å². The zero-order valence-electron chi connectivity index (χ0n) is 29.2. The third kappa shape index (κ3) is 4.32. The van der Waals surface area contributed by atoms with Crippen LogP contribution in [0.5, 0.6) is 0 Å². The molecule has 5 aliphatic rings. The number of rotatable bonds is 3. The van der Waals surface area contributed by atoms with Gasteiger partial charge in [-0.3, -0.25) is 0 Å². The highest BCUT2D eigenvalue weighted by molar-refractivity contribution is 7.21. The van der Waals surface area contributed by atoms with E-state index in [9.17, 15) is 0 Å². The summed E-state index contributed by atoms with van der Waals surface area (Å²) in [5, 5.41) is 16.3. The maximum atomic E-state index is 5.75. The number of thiophene rings is 1. The Kier molecular flexibility index (Phi) is 6.45. The summed E-state index contributed by atoms with van der Waals surface area (Å²) in [5.74, 6) is 0.755. The average molecular weight is 702 g/mol. The Balaban J connectivity index is 1.18. The lowest BCUT2D eigenvalue weighted by molar-refractivity contribution is 0.481. The van der Waals surface area contributed by atoms with Crippen LogP contribution in [-0.2, 0) is 0 Å². The van der Waals surface area contributed by atoms with E-state index in [4.69, 9.17) is 5.32 Å². The number of aromatic nitrogens is 2. The maximum absolute atomic E-state index is 5.75. The number of hydrogen-bond donors (Lipinski definition) is 1. The molecule has 256 valence electrons. The average Bonchev–Trinajstić information content (AvgIpc) is 3.88. The number of hydrogen-bond acceptors (Lipinski definition) is 2. The van der Waals surface area contributed by atoms with Crippen molar-refractivity contribution >= 4 is 71.1 Å². The topological polar surface area (TPSA) is 36.0 Å². The van der Waals surface area contributed by atoms with E-state index in [0.717, 1.165) is 19.3 Å². The van der Waals surface area contributed by atoms with Crippen LogP contribution in [0.25, 0.3) is 65.1 Å². The lowest BCUT2D eigenvalue weighted by Gasteiger charge is -2.50. The molecule has 4 nitrogen and oxygen atoms in total. The Morgan fingerprint density at radius 2 is 1.49 bits per heavy atom. The van der Waals surface area contributed by atoms with Crippen molar-refractivity contribution < 1.29 is 0 Å². The molecule has 0 radical (unpaired) electrons. The van der Waals surface area contributed by atoms with Crippen molar-refractivity contribution in [2.75, 3.05) is 0 Å². The van der Waals surface area contributed by atoms with E-state index >= 15 is 0 Å². The number of fused-ring (bicyclic) bond motifs is 13. The lowest BCUT2D eigenvalue weighted by atomic mass is 9.78. The third-order valence-corrected chi connectivity index (χ3v) is 13.4. The van der Waals surface area contributed by atoms with Gasteiger partial charge in [-0.15, -0.1) is 11.3 Å². The summed E-state index contributed by atoms with van der Waals surface area (Å²) in [4.78, 5) is 1.38. The standard InChI is InChI=1S/C48H37N4S/c1-3-14-30(15-4-1)45-35-20-9-11-21-39(35)49-48(50-45)52-42-28-41-37(33-19-10-12-22-40(33)51(41)31-16-5-2-6-17-31)27-38(42)34-24-25-36-44-32-18-8-7-13-29(32)23-26-43(44)53-47(36)46(34)52/h1-8,10,12-16,18-29,31-32,45,48-49H,9,11,17H2/q-1. The number of nitrogens with one attached hydrogen (secondary N) is 1. The van der Waals surface area contributed by atoms with E-state index in [0.29, 0.717) is 11.8 Å². The molecule has 1 aliphatic heterocycles. The van der Waals surface area contributed by atoms with Gasteiger partial charge in [-0.25, -0.2) is 0 Å². The number of para-hydroxylation sites is 1. The molecule has 5 heteroatoms. The van der Waals surface area contributed by atoms with Crippen molar-refractivity contribution in [1.29, 1.82) is 0 Å². The molecule has 0 spiro atoms. The molecule has 0 amide bonds. The van der Waals surface area contributed by atoms with Crippen LogP contribution in [0.4, 0.5) is 0 Å². The summed E-state index contributed by atoms with van der Waals surface area (Å²) < 4.78 is 6.48. The van der Waals surface area contributed by atoms with E-state index < -0.39 is 0 Å². The minimum absolute atomic E-state index is 0.0468. The fraction of sp³-hybridized carbons (Fsp3) is 0.167. The molecule has 4 heterocycles. The fourth-order valence-electron chi connectivity index (χ4n) is 9.87. The Morgan fingerprint density at radius 1 is 0.679 bits per heavy atom. The minimum Gasteiger partial charge on any atom is -0.614 e. The second-order valence-electron chi connectivity index (χ2n) is 15.0. The van der Waals surface area contributed by atoms with Gasteiger partial charge in [-0.05, 0) is 60.1 Å². The van der Waals surface area contributed by atoms with Crippen LogP contribution in [-0.4, -0.2) is 9.13 Å². The molecule has 53 heavy (non-hydrogen) atoms. The second-order valence-corrected chi connectivity index (χ2v) is 16.1. The first kappa shape index (κ1) is 29.9. The third-order valence-electron chi connectivity index (χ3n) is 12.2. The van der Waals surface area contributed by atoms with Gasteiger partial charge in [-0.2, -0.15) is 0 Å². The smallest absolute Gasteiger partial charge is 0.0675 e. The SMILES string of the molecule is C1=CCC(n2c3ccccc3c3cc4c5ccc6c7c(sc6c5n(C5[N-]C(c6ccccc6)C6=CCCC=C6N5)c4cc32)C=CC2C=CC=CC72)C=C1. The summed E-state index contributed by atoms with van der Waals surface area (Å²) in [6.07, 6.45) is 30.5. The van der Waals surface area contributed by atoms with Crippen LogP contribution in [0, 0.1) is 5.92 Å². The van der Waals surface area contributed by atoms with Crippen LogP contribution in [0.3, 0.4) is 0 Å². The maximum Gasteiger partial charge on any atom is 0.0675 e. The van der Waals surface area contributed by atoms with Crippen molar-refractivity contribution in [3.8, 4) is 0 Å². The fourth-order valence-corrected chi connectivity index (χ4v) is 11.2. The highest BCUT2D eigenvalue weighted by Crippen LogP contribution is 2.52. The van der Waals surface area contributed by atoms with Crippen molar-refractivity contribution in [3.05, 3.63) is 178 Å². The second kappa shape index (κ2) is 11.4. The van der Waals surface area contributed by atoms with Crippen LogP contribution < -0.4 is 5.32 Å². The Morgan fingerprint density at radius 3 is 2.42 bits per heavy atom. The minimum atomic E-state index is -0.292. The summed E-state index contributed by atoms with van der Waals surface area (Å²) in [7, 11) is 0. The van der Waals surface area contributed by atoms with E-state index in [1.54, 1.807) is 0 Å². The van der Waals surface area contributed by atoms with Gasteiger partial charge >= 0.3 is 0 Å². The Bertz CT molecular complexity index is 2900. The van der Waals surface area contributed by atoms with Crippen LogP contribution in [0.1, 0.15) is 59.6 Å². The van der Waals surface area contributed by atoms with E-state index in [-0.39, 0.29) is 18.4 Å². The quantitative estimate of drug-likeness (QED) is 0.196. The number of allylic oxidation sites excluding steroid dienone is 11. The van der Waals surface area contributed by atoms with Crippen molar-refractivity contribution in [2.24, 2.45) is 5.92 Å². The van der Waals surface area contributed by atoms with Gasteiger partial charge in [0, 0.05) is 55.8 Å². The van der Waals surface area contributed by atoms with Crippen LogP contribution >= 0.6 is 11.3 Å². The molecule has 1 N–H and O–H groups in total. The lowest BCUT2D eigenvalue weighted by Crippen LogP contribution is -2.34. The van der Waals surface area contributed by atoms with Crippen LogP contribution in [0.2, 0.25) is 0 Å². The van der Waals surface area contributed by atoms with Crippen molar-refractivity contribution in [3.63, 3.8) is 0 Å².